The van der Waals surface area contributed by atoms with Crippen LogP contribution in [0.25, 0.3) is 0 Å². The van der Waals surface area contributed by atoms with Gasteiger partial charge in [0.25, 0.3) is 0 Å². The van der Waals surface area contributed by atoms with E-state index in [1.165, 1.54) is 36.8 Å². The van der Waals surface area contributed by atoms with Gasteiger partial charge in [-0.1, -0.05) is 42.5 Å². The van der Waals surface area contributed by atoms with Crippen molar-refractivity contribution < 1.29 is 4.79 Å². The Morgan fingerprint density at radius 2 is 1.75 bits per heavy atom. The molecule has 2 aromatic carbocycles. The van der Waals surface area contributed by atoms with Crippen molar-refractivity contribution in [1.29, 1.82) is 0 Å². The lowest BCUT2D eigenvalue weighted by Gasteiger charge is -2.39. The molecule has 148 valence electrons. The molecule has 0 aromatic heterocycles. The summed E-state index contributed by atoms with van der Waals surface area (Å²) in [4.78, 5) is 14.2. The Balaban J connectivity index is 1.26. The number of primary amides is 1. The highest BCUT2D eigenvalue weighted by atomic mass is 16.1. The van der Waals surface area contributed by atoms with Crippen LogP contribution in [0.5, 0.6) is 0 Å². The normalized spacial score (nSPS) is 24.4. The van der Waals surface area contributed by atoms with Gasteiger partial charge in [-0.25, -0.2) is 0 Å². The number of benzene rings is 2. The minimum Gasteiger partial charge on any atom is -0.366 e. The molecule has 2 aliphatic heterocycles. The summed E-state index contributed by atoms with van der Waals surface area (Å²) in [6.07, 6.45) is 6.10. The Morgan fingerprint density at radius 1 is 1.00 bits per heavy atom. The number of nitrogens with zero attached hydrogens (tertiary/aromatic N) is 1. The fraction of sp³-hybridized carbons (Fsp3) is 0.458. The number of fused-ring (bicyclic) bond motifs is 2. The average Bonchev–Trinajstić information content (AvgIpc) is 2.95. The second-order valence-electron chi connectivity index (χ2n) is 8.27. The summed E-state index contributed by atoms with van der Waals surface area (Å²) in [5, 5.41) is 3.62. The molecule has 1 amide bonds. The Labute approximate surface area is 168 Å². The van der Waals surface area contributed by atoms with Gasteiger partial charge in [-0.05, 0) is 67.8 Å². The number of rotatable bonds is 8. The summed E-state index contributed by atoms with van der Waals surface area (Å²) in [5.41, 5.74) is 8.78. The van der Waals surface area contributed by atoms with Gasteiger partial charge in [-0.2, -0.15) is 0 Å². The summed E-state index contributed by atoms with van der Waals surface area (Å²) in [6, 6.07) is 20.0. The molecule has 0 spiro atoms. The van der Waals surface area contributed by atoms with Gasteiger partial charge in [0, 0.05) is 30.7 Å². The predicted molar refractivity (Wildman–Crippen MR) is 113 cm³/mol. The minimum atomic E-state index is -0.330. The molecule has 2 heterocycles. The average molecular weight is 378 g/mol. The van der Waals surface area contributed by atoms with E-state index in [4.69, 9.17) is 5.73 Å². The Hall–Kier alpha value is -2.17. The van der Waals surface area contributed by atoms with Crippen molar-refractivity contribution in [3.05, 3.63) is 71.3 Å². The first-order valence-electron chi connectivity index (χ1n) is 10.6. The first-order valence-corrected chi connectivity index (χ1v) is 10.6. The number of hydrogen-bond acceptors (Lipinski definition) is 3. The molecule has 4 heteroatoms. The monoisotopic (exact) mass is 377 g/mol. The van der Waals surface area contributed by atoms with Crippen LogP contribution in [0.2, 0.25) is 0 Å². The zero-order chi connectivity index (χ0) is 19.3. The van der Waals surface area contributed by atoms with Crippen molar-refractivity contribution >= 4 is 5.91 Å². The minimum absolute atomic E-state index is 0.330. The lowest BCUT2D eigenvalue weighted by molar-refractivity contribution is 0.1000. The van der Waals surface area contributed by atoms with Crippen LogP contribution in [-0.4, -0.2) is 42.5 Å². The van der Waals surface area contributed by atoms with Gasteiger partial charge in [0.15, 0.2) is 0 Å². The zero-order valence-electron chi connectivity index (χ0n) is 16.5. The molecule has 2 saturated heterocycles. The molecule has 0 saturated carbocycles. The molecule has 0 aliphatic carbocycles. The summed E-state index contributed by atoms with van der Waals surface area (Å²) >= 11 is 0. The quantitative estimate of drug-likeness (QED) is 0.694. The molecule has 0 radical (unpaired) electrons. The molecule has 4 nitrogen and oxygen atoms in total. The van der Waals surface area contributed by atoms with E-state index in [-0.39, 0.29) is 5.91 Å². The zero-order valence-corrected chi connectivity index (χ0v) is 16.5. The maximum atomic E-state index is 11.5. The molecular formula is C24H31N3O. The van der Waals surface area contributed by atoms with Crippen LogP contribution >= 0.6 is 0 Å². The third kappa shape index (κ3) is 4.45. The topological polar surface area (TPSA) is 58.4 Å². The molecule has 3 atom stereocenters. The van der Waals surface area contributed by atoms with Crippen molar-refractivity contribution in [1.82, 2.24) is 10.2 Å². The van der Waals surface area contributed by atoms with Crippen molar-refractivity contribution in [3.63, 3.8) is 0 Å². The SMILES string of the molecule is NC(=O)c1cccc(C2C[C@H]3CC[C@@H](C2)N3CCNCCc2ccccc2)c1. The first kappa shape index (κ1) is 19.2. The Bertz CT molecular complexity index is 777. The molecular weight excluding hydrogens is 346 g/mol. The Morgan fingerprint density at radius 3 is 2.46 bits per heavy atom. The number of carbonyl (C=O) groups is 1. The van der Waals surface area contributed by atoms with Crippen molar-refractivity contribution in [2.45, 2.75) is 50.1 Å². The van der Waals surface area contributed by atoms with E-state index in [0.29, 0.717) is 23.6 Å². The molecule has 28 heavy (non-hydrogen) atoms. The van der Waals surface area contributed by atoms with Crippen LogP contribution in [0.1, 0.15) is 53.1 Å². The predicted octanol–water partition coefficient (Wildman–Crippen LogP) is 3.33. The second-order valence-corrected chi connectivity index (χ2v) is 8.27. The van der Waals surface area contributed by atoms with Crippen LogP contribution in [0.3, 0.4) is 0 Å². The van der Waals surface area contributed by atoms with Gasteiger partial charge in [0.05, 0.1) is 0 Å². The molecule has 2 aromatic rings. The molecule has 2 aliphatic rings. The van der Waals surface area contributed by atoms with E-state index in [9.17, 15) is 4.79 Å². The third-order valence-corrected chi connectivity index (χ3v) is 6.51. The van der Waals surface area contributed by atoms with Crippen molar-refractivity contribution in [2.24, 2.45) is 5.73 Å². The van der Waals surface area contributed by atoms with E-state index in [2.05, 4.69) is 46.6 Å². The van der Waals surface area contributed by atoms with E-state index >= 15 is 0 Å². The molecule has 4 rings (SSSR count). The van der Waals surface area contributed by atoms with Crippen molar-refractivity contribution in [3.8, 4) is 0 Å². The molecule has 2 fully saturated rings. The van der Waals surface area contributed by atoms with E-state index in [1.54, 1.807) is 0 Å². The number of nitrogens with one attached hydrogen (secondary N) is 1. The smallest absolute Gasteiger partial charge is 0.248 e. The van der Waals surface area contributed by atoms with Gasteiger partial charge >= 0.3 is 0 Å². The van der Waals surface area contributed by atoms with E-state index in [1.807, 2.05) is 18.2 Å². The maximum absolute atomic E-state index is 11.5. The number of hydrogen-bond donors (Lipinski definition) is 2. The summed E-state index contributed by atoms with van der Waals surface area (Å²) in [6.45, 7) is 3.23. The van der Waals surface area contributed by atoms with E-state index in [0.717, 1.165) is 26.1 Å². The fourth-order valence-electron chi connectivity index (χ4n) is 5.07. The number of amides is 1. The highest BCUT2D eigenvalue weighted by molar-refractivity contribution is 5.92. The summed E-state index contributed by atoms with van der Waals surface area (Å²) in [5.74, 6) is 0.225. The number of carbonyl (C=O) groups excluding carboxylic acids is 1. The summed E-state index contributed by atoms with van der Waals surface area (Å²) < 4.78 is 0. The van der Waals surface area contributed by atoms with Gasteiger partial charge < -0.3 is 11.1 Å². The van der Waals surface area contributed by atoms with Crippen LogP contribution < -0.4 is 11.1 Å². The highest BCUT2D eigenvalue weighted by Crippen LogP contribution is 2.42. The van der Waals surface area contributed by atoms with Crippen LogP contribution in [0, 0.1) is 0 Å². The standard InChI is InChI=1S/C24H31N3O/c25-24(28)20-8-4-7-19(15-20)21-16-22-9-10-23(17-21)27(22)14-13-26-12-11-18-5-2-1-3-6-18/h1-8,15,21-23,26H,9-14,16-17H2,(H2,25,28)/t21?,22-,23+. The summed E-state index contributed by atoms with van der Waals surface area (Å²) in [7, 11) is 0. The molecule has 1 unspecified atom stereocenters. The lowest BCUT2D eigenvalue weighted by atomic mass is 9.84. The van der Waals surface area contributed by atoms with Crippen molar-refractivity contribution in [2.75, 3.05) is 19.6 Å². The highest BCUT2D eigenvalue weighted by Gasteiger charge is 2.40. The fourth-order valence-corrected chi connectivity index (χ4v) is 5.07. The third-order valence-electron chi connectivity index (χ3n) is 6.51. The van der Waals surface area contributed by atoms with Gasteiger partial charge in [-0.3, -0.25) is 9.69 Å². The van der Waals surface area contributed by atoms with Crippen LogP contribution in [-0.2, 0) is 6.42 Å². The first-order chi connectivity index (χ1) is 13.7. The van der Waals surface area contributed by atoms with Gasteiger partial charge in [-0.15, -0.1) is 0 Å². The maximum Gasteiger partial charge on any atom is 0.248 e. The number of nitrogens with two attached hydrogens (primary N) is 1. The van der Waals surface area contributed by atoms with Gasteiger partial charge in [0.2, 0.25) is 5.91 Å². The largest absolute Gasteiger partial charge is 0.366 e. The molecule has 3 N–H and O–H groups in total. The second kappa shape index (κ2) is 8.89. The van der Waals surface area contributed by atoms with Crippen LogP contribution in [0.4, 0.5) is 0 Å². The Kier molecular flexibility index (Phi) is 6.08. The lowest BCUT2D eigenvalue weighted by Crippen LogP contribution is -2.45. The van der Waals surface area contributed by atoms with Crippen LogP contribution in [0.15, 0.2) is 54.6 Å². The number of piperidine rings is 1. The van der Waals surface area contributed by atoms with Gasteiger partial charge in [0.1, 0.15) is 0 Å². The molecule has 2 bridgehead atoms. The van der Waals surface area contributed by atoms with E-state index < -0.39 is 0 Å².